The van der Waals surface area contributed by atoms with Gasteiger partial charge >= 0.3 is 0 Å². The molecule has 0 spiro atoms. The lowest BCUT2D eigenvalue weighted by molar-refractivity contribution is -0.114. The maximum absolute atomic E-state index is 14.2. The van der Waals surface area contributed by atoms with E-state index >= 15 is 0 Å². The molecule has 2 atom stereocenters. The molecule has 3 N–H and O–H groups in total. The summed E-state index contributed by atoms with van der Waals surface area (Å²) in [7, 11) is 0. The lowest BCUT2D eigenvalue weighted by atomic mass is 9.97. The number of pyridine rings is 2. The van der Waals surface area contributed by atoms with Crippen LogP contribution in [0, 0.1) is 11.6 Å². The van der Waals surface area contributed by atoms with E-state index in [-0.39, 0.29) is 17.5 Å². The number of nitrogens with two attached hydrogens (primary N) is 1. The molecule has 0 aliphatic carbocycles. The molecular weight excluding hydrogens is 912 g/mol. The average Bonchev–Trinajstić information content (AvgIpc) is 3.28. The number of nitrogen functional groups attached to an aromatic ring is 1. The molecule has 1 amide bonds. The van der Waals surface area contributed by atoms with Crippen LogP contribution in [-0.2, 0) is 17.9 Å². The predicted molar refractivity (Wildman–Crippen MR) is 263 cm³/mol. The number of rotatable bonds is 11. The molecule has 4 saturated heterocycles. The smallest absolute Gasteiger partial charge is 0.221 e. The zero-order valence-electron chi connectivity index (χ0n) is 37.6. The molecule has 0 bridgehead atoms. The van der Waals surface area contributed by atoms with Gasteiger partial charge in [0.2, 0.25) is 5.91 Å². The van der Waals surface area contributed by atoms with Gasteiger partial charge in [-0.05, 0) is 101 Å². The van der Waals surface area contributed by atoms with Gasteiger partial charge in [-0.15, -0.1) is 0 Å². The van der Waals surface area contributed by atoms with Crippen molar-refractivity contribution in [2.24, 2.45) is 0 Å². The van der Waals surface area contributed by atoms with Crippen LogP contribution in [0.2, 0.25) is 20.1 Å². The van der Waals surface area contributed by atoms with E-state index in [1.807, 2.05) is 0 Å². The van der Waals surface area contributed by atoms with Crippen LogP contribution in [0.5, 0.6) is 0 Å². The summed E-state index contributed by atoms with van der Waals surface area (Å²) in [5.41, 5.74) is 8.42. The van der Waals surface area contributed by atoms with E-state index in [0.29, 0.717) is 74.3 Å². The van der Waals surface area contributed by atoms with Crippen LogP contribution in [-0.4, -0.2) is 125 Å². The molecule has 0 saturated carbocycles. The Morgan fingerprint density at radius 2 is 1.11 bits per heavy atom. The SMILES string of the molecule is CC[C@H]1CN(c2ncc(N)cc2Cl)CCN1C1CCN(Cc2ccc(Cl)cc2F)CC1.CC[C@H]1CN(c2ncc(NC(C)=O)cc2Cl)CCN1C1CCN(Cc2ccc(Cl)cc2F)CC1. The normalized spacial score (nSPS) is 21.0. The van der Waals surface area contributed by atoms with E-state index in [2.05, 4.69) is 58.5 Å². The summed E-state index contributed by atoms with van der Waals surface area (Å²) in [5.74, 6) is 1.01. The molecule has 6 heterocycles. The van der Waals surface area contributed by atoms with Crippen LogP contribution in [0.1, 0.15) is 70.4 Å². The van der Waals surface area contributed by atoms with Gasteiger partial charge in [0, 0.05) is 105 Å². The minimum absolute atomic E-state index is 0.144. The lowest BCUT2D eigenvalue weighted by Gasteiger charge is -2.47. The highest BCUT2D eigenvalue weighted by atomic mass is 35.5. The zero-order chi connectivity index (χ0) is 46.2. The van der Waals surface area contributed by atoms with Gasteiger partial charge in [0.25, 0.3) is 0 Å². The monoisotopic (exact) mass is 972 g/mol. The molecule has 2 aromatic heterocycles. The second-order valence-electron chi connectivity index (χ2n) is 17.8. The van der Waals surface area contributed by atoms with Crippen molar-refractivity contribution in [2.45, 2.75) is 96.6 Å². The Kier molecular flexibility index (Phi) is 17.5. The number of piperidine rings is 2. The highest BCUT2D eigenvalue weighted by Gasteiger charge is 2.36. The van der Waals surface area contributed by atoms with E-state index in [1.165, 1.54) is 19.1 Å². The molecule has 4 aliphatic rings. The number of halogens is 6. The first-order valence-corrected chi connectivity index (χ1v) is 24.5. The van der Waals surface area contributed by atoms with Gasteiger partial charge in [-0.2, -0.15) is 0 Å². The van der Waals surface area contributed by atoms with Crippen molar-refractivity contribution < 1.29 is 13.6 Å². The molecular formula is C48H62Cl4F2N10O. The number of piperazine rings is 2. The Labute approximate surface area is 403 Å². The van der Waals surface area contributed by atoms with E-state index in [0.717, 1.165) is 121 Å². The summed E-state index contributed by atoms with van der Waals surface area (Å²) in [6.07, 6.45) is 9.84. The number of anilines is 4. The number of carbonyl (C=O) groups excluding carboxylic acids is 1. The zero-order valence-corrected chi connectivity index (χ0v) is 40.7. The molecule has 4 aromatic rings. The Morgan fingerprint density at radius 3 is 1.51 bits per heavy atom. The third-order valence-corrected chi connectivity index (χ3v) is 14.5. The second-order valence-corrected chi connectivity index (χ2v) is 19.4. The van der Waals surface area contributed by atoms with Gasteiger partial charge in [-0.1, -0.05) is 72.4 Å². The first kappa shape index (κ1) is 49.4. The summed E-state index contributed by atoms with van der Waals surface area (Å²) >= 11 is 24.7. The number of hydrogen-bond acceptors (Lipinski definition) is 10. The molecule has 4 fully saturated rings. The summed E-state index contributed by atoms with van der Waals surface area (Å²) in [4.78, 5) is 34.8. The maximum atomic E-state index is 14.2. The van der Waals surface area contributed by atoms with Crippen LogP contribution in [0.4, 0.5) is 31.8 Å². The number of likely N-dealkylation sites (tertiary alicyclic amines) is 2. The van der Waals surface area contributed by atoms with Gasteiger partial charge in [-0.25, -0.2) is 18.7 Å². The Hall–Kier alpha value is -3.53. The number of hydrogen-bond donors (Lipinski definition) is 2. The predicted octanol–water partition coefficient (Wildman–Crippen LogP) is 9.73. The third-order valence-electron chi connectivity index (χ3n) is 13.5. The summed E-state index contributed by atoms with van der Waals surface area (Å²) in [6, 6.07) is 15.4. The Balaban J connectivity index is 0.000000195. The molecule has 4 aliphatic heterocycles. The lowest BCUT2D eigenvalue weighted by Crippen LogP contribution is -2.58. The van der Waals surface area contributed by atoms with E-state index < -0.39 is 0 Å². The second kappa shape index (κ2) is 23.0. The van der Waals surface area contributed by atoms with Crippen molar-refractivity contribution in [3.05, 3.63) is 104 Å². The van der Waals surface area contributed by atoms with Crippen LogP contribution in [0.15, 0.2) is 60.9 Å². The van der Waals surface area contributed by atoms with Gasteiger partial charge in [0.05, 0.1) is 33.8 Å². The molecule has 11 nitrogen and oxygen atoms in total. The number of nitrogens with one attached hydrogen (secondary N) is 1. The van der Waals surface area contributed by atoms with Crippen LogP contribution in [0.25, 0.3) is 0 Å². The highest BCUT2D eigenvalue weighted by Crippen LogP contribution is 2.33. The Morgan fingerprint density at radius 1 is 0.662 bits per heavy atom. The minimum Gasteiger partial charge on any atom is -0.397 e. The number of nitrogens with zero attached hydrogens (tertiary/aromatic N) is 8. The van der Waals surface area contributed by atoms with Crippen molar-refractivity contribution in [1.29, 1.82) is 0 Å². The van der Waals surface area contributed by atoms with Crippen molar-refractivity contribution >= 4 is 75.3 Å². The summed E-state index contributed by atoms with van der Waals surface area (Å²) in [5, 5.41) is 4.78. The van der Waals surface area contributed by atoms with E-state index in [4.69, 9.17) is 52.1 Å². The number of benzene rings is 2. The summed E-state index contributed by atoms with van der Waals surface area (Å²) in [6.45, 7) is 16.6. The van der Waals surface area contributed by atoms with Crippen LogP contribution >= 0.6 is 46.4 Å². The van der Waals surface area contributed by atoms with Crippen LogP contribution in [0.3, 0.4) is 0 Å². The number of amides is 1. The molecule has 8 rings (SSSR count). The van der Waals surface area contributed by atoms with Gasteiger partial charge in [0.15, 0.2) is 0 Å². The van der Waals surface area contributed by atoms with Crippen LogP contribution < -0.4 is 20.9 Å². The fraction of sp³-hybridized carbons (Fsp3) is 0.521. The molecule has 17 heteroatoms. The molecule has 0 unspecified atom stereocenters. The molecule has 2 aromatic carbocycles. The fourth-order valence-corrected chi connectivity index (χ4v) is 10.9. The quantitative estimate of drug-likeness (QED) is 0.151. The first-order valence-electron chi connectivity index (χ1n) is 23.0. The topological polar surface area (TPSA) is 100 Å². The largest absolute Gasteiger partial charge is 0.397 e. The molecule has 65 heavy (non-hydrogen) atoms. The Bertz CT molecular complexity index is 2230. The molecule has 352 valence electrons. The van der Waals surface area contributed by atoms with Crippen molar-refractivity contribution in [1.82, 2.24) is 29.6 Å². The number of aromatic nitrogens is 2. The standard InChI is InChI=1S/C25H32Cl2FN5O.C23H30Cl2FN5/c1-3-21-16-32(25-23(27)13-20(14-29-25)30-17(2)34)10-11-33(21)22-6-8-31(9-7-22)15-18-4-5-19(26)12-24(18)28;1-2-19-15-30(23-21(25)12-18(27)13-28-23)9-10-31(19)20-5-7-29(8-6-20)14-16-3-4-17(24)11-22(16)26/h4-5,12-14,21-22H,3,6-11,15-16H2,1-2H3,(H,30,34);3-4,11-13,19-20H,2,5-10,14-15,27H2,1H3/t21-;19-/m00/s1. The van der Waals surface area contributed by atoms with Gasteiger partial charge in [0.1, 0.15) is 23.3 Å². The third kappa shape index (κ3) is 12.9. The van der Waals surface area contributed by atoms with Crippen molar-refractivity contribution in [2.75, 3.05) is 86.3 Å². The van der Waals surface area contributed by atoms with Crippen molar-refractivity contribution in [3.63, 3.8) is 0 Å². The van der Waals surface area contributed by atoms with E-state index in [9.17, 15) is 13.6 Å². The minimum atomic E-state index is -0.228. The average molecular weight is 975 g/mol. The highest BCUT2D eigenvalue weighted by molar-refractivity contribution is 6.33. The van der Waals surface area contributed by atoms with Crippen molar-refractivity contribution in [3.8, 4) is 0 Å². The van der Waals surface area contributed by atoms with Gasteiger partial charge < -0.3 is 20.9 Å². The van der Waals surface area contributed by atoms with E-state index in [1.54, 1.807) is 48.8 Å². The number of carbonyl (C=O) groups is 1. The van der Waals surface area contributed by atoms with Gasteiger partial charge in [-0.3, -0.25) is 24.4 Å². The fourth-order valence-electron chi connectivity index (χ4n) is 10.0. The molecule has 0 radical (unpaired) electrons. The summed E-state index contributed by atoms with van der Waals surface area (Å²) < 4.78 is 28.3. The first-order chi connectivity index (χ1) is 31.3. The maximum Gasteiger partial charge on any atom is 0.221 e.